The summed E-state index contributed by atoms with van der Waals surface area (Å²) in [6, 6.07) is 10.3. The second-order valence-corrected chi connectivity index (χ2v) is 6.01. The van der Waals surface area contributed by atoms with Crippen LogP contribution in [-0.2, 0) is 0 Å². The van der Waals surface area contributed by atoms with E-state index in [0.29, 0.717) is 0 Å². The Balaban J connectivity index is 1.87. The average molecular weight is 333 g/mol. The molecule has 1 saturated heterocycles. The van der Waals surface area contributed by atoms with E-state index in [1.165, 1.54) is 0 Å². The fourth-order valence-electron chi connectivity index (χ4n) is 2.47. The molecule has 5 heteroatoms. The summed E-state index contributed by atoms with van der Waals surface area (Å²) in [4.78, 5) is 11.2. The molecule has 2 aromatic rings. The predicted octanol–water partition coefficient (Wildman–Crippen LogP) is 2.83. The van der Waals surface area contributed by atoms with E-state index in [1.54, 1.807) is 0 Å². The fourth-order valence-corrected chi connectivity index (χ4v) is 2.74. The SMILES string of the molecule is NC1CCCN(c2nccc(-c3ccc(Br)cc3)n2)C1. The van der Waals surface area contributed by atoms with E-state index in [9.17, 15) is 0 Å². The molecule has 0 amide bonds. The zero-order valence-electron chi connectivity index (χ0n) is 11.2. The van der Waals surface area contributed by atoms with E-state index in [1.807, 2.05) is 24.4 Å². The molecule has 1 unspecified atom stereocenters. The van der Waals surface area contributed by atoms with Crippen molar-refractivity contribution in [1.29, 1.82) is 0 Å². The van der Waals surface area contributed by atoms with Gasteiger partial charge in [0.25, 0.3) is 0 Å². The van der Waals surface area contributed by atoms with Gasteiger partial charge in [-0.15, -0.1) is 0 Å². The molecule has 2 heterocycles. The van der Waals surface area contributed by atoms with Crippen molar-refractivity contribution in [2.24, 2.45) is 5.73 Å². The predicted molar refractivity (Wildman–Crippen MR) is 84.6 cm³/mol. The third kappa shape index (κ3) is 2.99. The number of anilines is 1. The summed E-state index contributed by atoms with van der Waals surface area (Å²) in [5, 5.41) is 0. The van der Waals surface area contributed by atoms with Gasteiger partial charge in [0.1, 0.15) is 0 Å². The lowest BCUT2D eigenvalue weighted by Gasteiger charge is -2.30. The molecule has 0 aliphatic carbocycles. The Morgan fingerprint density at radius 1 is 1.20 bits per heavy atom. The minimum Gasteiger partial charge on any atom is -0.339 e. The Hall–Kier alpha value is -1.46. The van der Waals surface area contributed by atoms with Crippen LogP contribution in [0.1, 0.15) is 12.8 Å². The third-order valence-corrected chi connectivity index (χ3v) is 4.05. The molecule has 3 rings (SSSR count). The number of halogens is 1. The van der Waals surface area contributed by atoms with E-state index in [2.05, 4.69) is 42.9 Å². The van der Waals surface area contributed by atoms with Gasteiger partial charge in [-0.1, -0.05) is 28.1 Å². The highest BCUT2D eigenvalue weighted by molar-refractivity contribution is 9.10. The molecule has 1 aromatic carbocycles. The van der Waals surface area contributed by atoms with Crippen LogP contribution < -0.4 is 10.6 Å². The molecule has 20 heavy (non-hydrogen) atoms. The molecule has 104 valence electrons. The minimum absolute atomic E-state index is 0.226. The first-order valence-corrected chi connectivity index (χ1v) is 7.61. The number of hydrogen-bond donors (Lipinski definition) is 1. The molecule has 1 aliphatic rings. The smallest absolute Gasteiger partial charge is 0.225 e. The lowest BCUT2D eigenvalue weighted by atomic mass is 10.1. The monoisotopic (exact) mass is 332 g/mol. The minimum atomic E-state index is 0.226. The van der Waals surface area contributed by atoms with Crippen LogP contribution in [0.4, 0.5) is 5.95 Å². The lowest BCUT2D eigenvalue weighted by molar-refractivity contribution is 0.500. The van der Waals surface area contributed by atoms with Crippen molar-refractivity contribution < 1.29 is 0 Å². The largest absolute Gasteiger partial charge is 0.339 e. The van der Waals surface area contributed by atoms with E-state index in [4.69, 9.17) is 5.73 Å². The zero-order chi connectivity index (χ0) is 13.9. The molecule has 0 bridgehead atoms. The van der Waals surface area contributed by atoms with Crippen LogP contribution in [-0.4, -0.2) is 29.1 Å². The van der Waals surface area contributed by atoms with Crippen LogP contribution in [0.25, 0.3) is 11.3 Å². The van der Waals surface area contributed by atoms with E-state index in [0.717, 1.165) is 47.6 Å². The van der Waals surface area contributed by atoms with E-state index < -0.39 is 0 Å². The fraction of sp³-hybridized carbons (Fsp3) is 0.333. The van der Waals surface area contributed by atoms with Crippen molar-refractivity contribution in [3.8, 4) is 11.3 Å². The van der Waals surface area contributed by atoms with Gasteiger partial charge in [-0.05, 0) is 31.0 Å². The Bertz CT molecular complexity index is 585. The van der Waals surface area contributed by atoms with Crippen LogP contribution in [0.15, 0.2) is 41.0 Å². The standard InChI is InChI=1S/C15H17BrN4/c16-12-5-3-11(4-6-12)14-7-8-18-15(19-14)20-9-1-2-13(17)10-20/h3-8,13H,1-2,9-10,17H2. The van der Waals surface area contributed by atoms with Crippen molar-refractivity contribution in [3.05, 3.63) is 41.0 Å². The highest BCUT2D eigenvalue weighted by atomic mass is 79.9. The molecule has 0 spiro atoms. The van der Waals surface area contributed by atoms with Gasteiger partial charge in [0.15, 0.2) is 0 Å². The maximum atomic E-state index is 6.03. The number of rotatable bonds is 2. The van der Waals surface area contributed by atoms with Crippen LogP contribution in [0.2, 0.25) is 0 Å². The van der Waals surface area contributed by atoms with Crippen LogP contribution in [0.3, 0.4) is 0 Å². The van der Waals surface area contributed by atoms with Gasteiger partial charge in [0.05, 0.1) is 5.69 Å². The number of hydrogen-bond acceptors (Lipinski definition) is 4. The van der Waals surface area contributed by atoms with Crippen LogP contribution >= 0.6 is 15.9 Å². The number of nitrogens with zero attached hydrogens (tertiary/aromatic N) is 3. The van der Waals surface area contributed by atoms with Crippen molar-refractivity contribution in [2.75, 3.05) is 18.0 Å². The highest BCUT2D eigenvalue weighted by Gasteiger charge is 2.19. The Labute approximate surface area is 127 Å². The maximum Gasteiger partial charge on any atom is 0.225 e. The van der Waals surface area contributed by atoms with Gasteiger partial charge in [-0.25, -0.2) is 9.97 Å². The summed E-state index contributed by atoms with van der Waals surface area (Å²) >= 11 is 3.45. The van der Waals surface area contributed by atoms with Crippen molar-refractivity contribution in [3.63, 3.8) is 0 Å². The van der Waals surface area contributed by atoms with Gasteiger partial charge in [-0.2, -0.15) is 0 Å². The molecular weight excluding hydrogens is 316 g/mol. The Morgan fingerprint density at radius 2 is 2.00 bits per heavy atom. The van der Waals surface area contributed by atoms with Gasteiger partial charge in [-0.3, -0.25) is 0 Å². The highest BCUT2D eigenvalue weighted by Crippen LogP contribution is 2.22. The molecule has 4 nitrogen and oxygen atoms in total. The number of nitrogens with two attached hydrogens (primary N) is 1. The molecule has 1 atom stereocenters. The first-order chi connectivity index (χ1) is 9.72. The van der Waals surface area contributed by atoms with Gasteiger partial charge in [0.2, 0.25) is 5.95 Å². The van der Waals surface area contributed by atoms with Gasteiger partial charge in [0, 0.05) is 35.4 Å². The Morgan fingerprint density at radius 3 is 2.75 bits per heavy atom. The summed E-state index contributed by atoms with van der Waals surface area (Å²) in [6.07, 6.45) is 4.01. The zero-order valence-corrected chi connectivity index (χ0v) is 12.8. The third-order valence-electron chi connectivity index (χ3n) is 3.52. The van der Waals surface area contributed by atoms with Crippen molar-refractivity contribution in [1.82, 2.24) is 9.97 Å². The quantitative estimate of drug-likeness (QED) is 0.918. The lowest BCUT2D eigenvalue weighted by Crippen LogP contribution is -2.43. The molecule has 1 fully saturated rings. The van der Waals surface area contributed by atoms with E-state index in [-0.39, 0.29) is 6.04 Å². The first-order valence-electron chi connectivity index (χ1n) is 6.82. The maximum absolute atomic E-state index is 6.03. The second-order valence-electron chi connectivity index (χ2n) is 5.10. The summed E-state index contributed by atoms with van der Waals surface area (Å²) in [6.45, 7) is 1.82. The average Bonchev–Trinajstić information content (AvgIpc) is 2.48. The first kappa shape index (κ1) is 13.5. The summed E-state index contributed by atoms with van der Waals surface area (Å²) in [7, 11) is 0. The molecule has 0 saturated carbocycles. The Kier molecular flexibility index (Phi) is 3.98. The summed E-state index contributed by atoms with van der Waals surface area (Å²) in [5.41, 5.74) is 8.07. The van der Waals surface area contributed by atoms with Crippen LogP contribution in [0, 0.1) is 0 Å². The van der Waals surface area contributed by atoms with Crippen LogP contribution in [0.5, 0.6) is 0 Å². The number of piperidine rings is 1. The summed E-state index contributed by atoms with van der Waals surface area (Å²) in [5.74, 6) is 0.778. The second kappa shape index (κ2) is 5.89. The van der Waals surface area contributed by atoms with Gasteiger partial charge < -0.3 is 10.6 Å². The summed E-state index contributed by atoms with van der Waals surface area (Å²) < 4.78 is 1.07. The molecule has 1 aromatic heterocycles. The van der Waals surface area contributed by atoms with Crippen molar-refractivity contribution in [2.45, 2.75) is 18.9 Å². The normalized spacial score (nSPS) is 19.1. The van der Waals surface area contributed by atoms with Gasteiger partial charge >= 0.3 is 0 Å². The molecule has 1 aliphatic heterocycles. The van der Waals surface area contributed by atoms with Crippen molar-refractivity contribution >= 4 is 21.9 Å². The molecule has 0 radical (unpaired) electrons. The number of benzene rings is 1. The topological polar surface area (TPSA) is 55.0 Å². The van der Waals surface area contributed by atoms with E-state index >= 15 is 0 Å². The molecule has 2 N–H and O–H groups in total. The molecular formula is C15H17BrN4. The number of aromatic nitrogens is 2.